The van der Waals surface area contributed by atoms with Crippen LogP contribution in [0.25, 0.3) is 0 Å². The third kappa shape index (κ3) is 5.43. The smallest absolute Gasteiger partial charge is 0.240 e. The van der Waals surface area contributed by atoms with Crippen LogP contribution in [-0.2, 0) is 9.59 Å². The van der Waals surface area contributed by atoms with Crippen LogP contribution in [0.2, 0.25) is 0 Å². The molecule has 128 valence electrons. The van der Waals surface area contributed by atoms with E-state index in [1.807, 2.05) is 13.8 Å². The van der Waals surface area contributed by atoms with E-state index in [0.717, 1.165) is 0 Å². The minimum atomic E-state index is -0.337. The van der Waals surface area contributed by atoms with Gasteiger partial charge in [-0.05, 0) is 24.3 Å². The van der Waals surface area contributed by atoms with Gasteiger partial charge in [-0.15, -0.1) is 0 Å². The van der Waals surface area contributed by atoms with Crippen molar-refractivity contribution in [2.45, 2.75) is 13.8 Å². The Balaban J connectivity index is 2.01. The molecule has 0 saturated carbocycles. The van der Waals surface area contributed by atoms with Gasteiger partial charge >= 0.3 is 0 Å². The third-order valence-electron chi connectivity index (χ3n) is 3.30. The summed E-state index contributed by atoms with van der Waals surface area (Å²) in [6.45, 7) is 4.64. The molecule has 0 fully saturated rings. The minimum absolute atomic E-state index is 0.337. The zero-order chi connectivity index (χ0) is 18.1. The van der Waals surface area contributed by atoms with Crippen molar-refractivity contribution >= 4 is 23.5 Å². The molecule has 2 aromatic rings. The van der Waals surface area contributed by atoms with Gasteiger partial charge in [-0.1, -0.05) is 38.1 Å². The Hall–Kier alpha value is -3.20. The molecule has 0 N–H and O–H groups in total. The van der Waals surface area contributed by atoms with Crippen molar-refractivity contribution in [2.75, 3.05) is 13.2 Å². The summed E-state index contributed by atoms with van der Waals surface area (Å²) < 4.78 is 11.6. The van der Waals surface area contributed by atoms with E-state index >= 15 is 0 Å². The molecule has 0 spiro atoms. The van der Waals surface area contributed by atoms with Crippen LogP contribution in [-0.4, -0.2) is 25.4 Å². The predicted molar refractivity (Wildman–Crippen MR) is 93.2 cm³/mol. The molecule has 0 unspecified atom stereocenters. The number of para-hydroxylation sites is 4. The van der Waals surface area contributed by atoms with Crippen LogP contribution < -0.4 is 9.47 Å². The lowest BCUT2D eigenvalue weighted by molar-refractivity contribution is 0.111. The highest BCUT2D eigenvalue weighted by atomic mass is 16.5. The molecule has 0 atom stereocenters. The van der Waals surface area contributed by atoms with Crippen LogP contribution >= 0.6 is 0 Å². The predicted octanol–water partition coefficient (Wildman–Crippen LogP) is 4.11. The van der Waals surface area contributed by atoms with Crippen molar-refractivity contribution in [1.29, 1.82) is 0 Å². The zero-order valence-corrected chi connectivity index (χ0v) is 14.1. The maximum atomic E-state index is 10.5. The molecule has 0 amide bonds. The Morgan fingerprint density at radius 1 is 0.800 bits per heavy atom. The summed E-state index contributed by atoms with van der Waals surface area (Å²) in [6, 6.07) is 14.0. The van der Waals surface area contributed by atoms with Crippen LogP contribution in [0.15, 0.2) is 58.5 Å². The van der Waals surface area contributed by atoms with E-state index in [1.165, 1.54) is 12.2 Å². The lowest BCUT2D eigenvalue weighted by atomic mass is 9.96. The molecule has 0 aromatic heterocycles. The fourth-order valence-electron chi connectivity index (χ4n) is 2.03. The normalized spacial score (nSPS) is 10.3. The Morgan fingerprint density at radius 2 is 1.20 bits per heavy atom. The number of ether oxygens (including phenoxy) is 2. The van der Waals surface area contributed by atoms with Crippen LogP contribution in [0, 0.1) is 5.41 Å². The Labute approximate surface area is 145 Å². The van der Waals surface area contributed by atoms with Crippen LogP contribution in [0.3, 0.4) is 0 Å². The number of aliphatic imine (C=N–C) groups is 2. The summed E-state index contributed by atoms with van der Waals surface area (Å²) in [5.41, 5.74) is 0.524. The zero-order valence-electron chi connectivity index (χ0n) is 14.1. The van der Waals surface area contributed by atoms with Crippen LogP contribution in [0.4, 0.5) is 11.4 Å². The highest BCUT2D eigenvalue weighted by Gasteiger charge is 2.21. The SMILES string of the molecule is CC(C)(COc1ccccc1N=C=O)COc1ccccc1N=C=O. The first-order chi connectivity index (χ1) is 12.1. The molecular weight excluding hydrogens is 320 g/mol. The van der Waals surface area contributed by atoms with Crippen molar-refractivity contribution in [3.63, 3.8) is 0 Å². The van der Waals surface area contributed by atoms with Crippen molar-refractivity contribution < 1.29 is 19.1 Å². The number of hydrogen-bond acceptors (Lipinski definition) is 6. The van der Waals surface area contributed by atoms with Gasteiger partial charge in [0.25, 0.3) is 0 Å². The molecule has 0 aliphatic heterocycles. The summed E-state index contributed by atoms with van der Waals surface area (Å²) in [4.78, 5) is 28.2. The van der Waals surface area contributed by atoms with Gasteiger partial charge < -0.3 is 9.47 Å². The largest absolute Gasteiger partial charge is 0.491 e. The van der Waals surface area contributed by atoms with Gasteiger partial charge in [0.1, 0.15) is 22.9 Å². The molecule has 2 aromatic carbocycles. The summed E-state index contributed by atoms with van der Waals surface area (Å²) in [5, 5.41) is 0. The molecule has 0 aliphatic rings. The number of isocyanates is 2. The van der Waals surface area contributed by atoms with E-state index in [0.29, 0.717) is 36.1 Å². The number of rotatable bonds is 8. The maximum absolute atomic E-state index is 10.5. The van der Waals surface area contributed by atoms with Gasteiger partial charge in [-0.25, -0.2) is 9.59 Å². The molecule has 25 heavy (non-hydrogen) atoms. The lowest BCUT2D eigenvalue weighted by Crippen LogP contribution is -2.28. The number of carbonyl (C=O) groups excluding carboxylic acids is 2. The molecule has 0 aliphatic carbocycles. The highest BCUT2D eigenvalue weighted by Crippen LogP contribution is 2.30. The molecule has 6 heteroatoms. The van der Waals surface area contributed by atoms with E-state index in [9.17, 15) is 9.59 Å². The number of benzene rings is 2. The molecule has 0 bridgehead atoms. The third-order valence-corrected chi connectivity index (χ3v) is 3.30. The van der Waals surface area contributed by atoms with E-state index in [2.05, 4.69) is 9.98 Å². The number of hydrogen-bond donors (Lipinski definition) is 0. The van der Waals surface area contributed by atoms with E-state index in [1.54, 1.807) is 48.5 Å². The van der Waals surface area contributed by atoms with Crippen molar-refractivity contribution in [1.82, 2.24) is 0 Å². The van der Waals surface area contributed by atoms with Crippen LogP contribution in [0.1, 0.15) is 13.8 Å². The van der Waals surface area contributed by atoms with Gasteiger partial charge in [0, 0.05) is 5.41 Å². The number of nitrogens with zero attached hydrogens (tertiary/aromatic N) is 2. The van der Waals surface area contributed by atoms with Gasteiger partial charge in [0.2, 0.25) is 12.2 Å². The Bertz CT molecular complexity index is 752. The average molecular weight is 338 g/mol. The second-order valence-electron chi connectivity index (χ2n) is 6.08. The van der Waals surface area contributed by atoms with Crippen molar-refractivity contribution in [3.05, 3.63) is 48.5 Å². The first-order valence-electron chi connectivity index (χ1n) is 7.65. The van der Waals surface area contributed by atoms with Gasteiger partial charge in [-0.2, -0.15) is 9.98 Å². The van der Waals surface area contributed by atoms with Gasteiger partial charge in [-0.3, -0.25) is 0 Å². The first-order valence-corrected chi connectivity index (χ1v) is 7.65. The summed E-state index contributed by atoms with van der Waals surface area (Å²) in [7, 11) is 0. The van der Waals surface area contributed by atoms with E-state index in [-0.39, 0.29) is 5.41 Å². The van der Waals surface area contributed by atoms with E-state index in [4.69, 9.17) is 9.47 Å². The second-order valence-corrected chi connectivity index (χ2v) is 6.08. The van der Waals surface area contributed by atoms with Gasteiger partial charge in [0.15, 0.2) is 0 Å². The topological polar surface area (TPSA) is 77.3 Å². The maximum Gasteiger partial charge on any atom is 0.240 e. The van der Waals surface area contributed by atoms with E-state index < -0.39 is 0 Å². The molecule has 0 heterocycles. The first kappa shape index (κ1) is 18.1. The molecule has 6 nitrogen and oxygen atoms in total. The summed E-state index contributed by atoms with van der Waals surface area (Å²) >= 11 is 0. The Kier molecular flexibility index (Phi) is 6.24. The quantitative estimate of drug-likeness (QED) is 0.536. The standard InChI is InChI=1S/C19H18N2O4/c1-19(2,11-24-17-9-5-3-7-15(17)20-13-22)12-25-18-10-6-4-8-16(18)21-14-23/h3-10H,11-12H2,1-2H3. The Morgan fingerprint density at radius 3 is 1.60 bits per heavy atom. The second kappa shape index (κ2) is 8.60. The monoisotopic (exact) mass is 338 g/mol. The minimum Gasteiger partial charge on any atom is -0.491 e. The molecule has 0 radical (unpaired) electrons. The average Bonchev–Trinajstić information content (AvgIpc) is 2.61. The van der Waals surface area contributed by atoms with Crippen LogP contribution in [0.5, 0.6) is 11.5 Å². The fraction of sp³-hybridized carbons (Fsp3) is 0.263. The molecular formula is C19H18N2O4. The lowest BCUT2D eigenvalue weighted by Gasteiger charge is -2.25. The molecule has 2 rings (SSSR count). The summed E-state index contributed by atoms with van der Waals surface area (Å²) in [5.74, 6) is 1.01. The van der Waals surface area contributed by atoms with Gasteiger partial charge in [0.05, 0.1) is 13.2 Å². The van der Waals surface area contributed by atoms with Crippen molar-refractivity contribution in [3.8, 4) is 11.5 Å². The van der Waals surface area contributed by atoms with Crippen molar-refractivity contribution in [2.24, 2.45) is 15.4 Å². The molecule has 0 saturated heterocycles. The highest BCUT2D eigenvalue weighted by molar-refractivity contribution is 5.58. The fourth-order valence-corrected chi connectivity index (χ4v) is 2.03. The summed E-state index contributed by atoms with van der Waals surface area (Å²) in [6.07, 6.45) is 3.03.